The Morgan fingerprint density at radius 3 is 1.43 bits per heavy atom. The van der Waals surface area contributed by atoms with Gasteiger partial charge in [-0.2, -0.15) is 0 Å². The summed E-state index contributed by atoms with van der Waals surface area (Å²) in [6.45, 7) is 18.0. The molecule has 0 saturated carbocycles. The molecule has 0 radical (unpaired) electrons. The fraction of sp³-hybridized carbons (Fsp3) is 0.348. The molecule has 0 spiro atoms. The van der Waals surface area contributed by atoms with Crippen LogP contribution in [0.4, 0.5) is 0 Å². The van der Waals surface area contributed by atoms with Gasteiger partial charge in [-0.1, -0.05) is 153 Å². The Morgan fingerprint density at radius 1 is 0.608 bits per heavy atom. The first-order valence-electron chi connectivity index (χ1n) is 18.4. The standard InChI is InChI=1S/C46H52O3P2/c1-31-26-36-37-27-32(2)29-39(46(6,7)8)44(37)49-51(48-43(36)38(28-31)45(3,4)5)47-40(33-18-12-9-13-19-33)30-50-41(34-20-14-10-15-21-34)24-25-42(50)35-22-16-11-17-23-35/h9-23,26-29,40-42H,24-25,30H2,1-8H3/t40-,41+,42+/m0/s1. The molecule has 3 nitrogen and oxygen atoms in total. The molecule has 0 amide bonds. The predicted molar refractivity (Wildman–Crippen MR) is 218 cm³/mol. The molecule has 6 aromatic rings. The zero-order chi connectivity index (χ0) is 35.9. The van der Waals surface area contributed by atoms with Crippen molar-refractivity contribution in [2.24, 2.45) is 0 Å². The summed E-state index contributed by atoms with van der Waals surface area (Å²) >= 11 is 0. The predicted octanol–water partition coefficient (Wildman–Crippen LogP) is 14.4. The van der Waals surface area contributed by atoms with Crippen molar-refractivity contribution >= 4 is 38.1 Å². The van der Waals surface area contributed by atoms with Crippen LogP contribution >= 0.6 is 16.2 Å². The van der Waals surface area contributed by atoms with Gasteiger partial charge in [0, 0.05) is 39.4 Å². The largest absolute Gasteiger partial charge is 0.399 e. The number of rotatable bonds is 7. The lowest BCUT2D eigenvalue weighted by molar-refractivity contribution is 0.288. The van der Waals surface area contributed by atoms with Crippen molar-refractivity contribution in [3.8, 4) is 0 Å². The van der Waals surface area contributed by atoms with E-state index in [2.05, 4.69) is 171 Å². The molecule has 0 unspecified atom stereocenters. The first-order chi connectivity index (χ1) is 24.4. The van der Waals surface area contributed by atoms with E-state index in [9.17, 15) is 0 Å². The van der Waals surface area contributed by atoms with Gasteiger partial charge < -0.3 is 8.39 Å². The van der Waals surface area contributed by atoms with Crippen LogP contribution in [0, 0.1) is 13.8 Å². The summed E-state index contributed by atoms with van der Waals surface area (Å²) in [5.74, 6) is 0. The third kappa shape index (κ3) is 7.64. The zero-order valence-corrected chi connectivity index (χ0v) is 33.2. The molecule has 5 heteroatoms. The number of hydrogen-bond donors (Lipinski definition) is 0. The lowest BCUT2D eigenvalue weighted by Crippen LogP contribution is -2.13. The van der Waals surface area contributed by atoms with Crippen LogP contribution in [0.3, 0.4) is 0 Å². The summed E-state index contributed by atoms with van der Waals surface area (Å²) < 4.78 is 21.6. The van der Waals surface area contributed by atoms with Crippen LogP contribution in [-0.2, 0) is 10.8 Å². The van der Waals surface area contributed by atoms with Gasteiger partial charge >= 0.3 is 8.24 Å². The minimum Gasteiger partial charge on any atom is -0.399 e. The lowest BCUT2D eigenvalue weighted by Gasteiger charge is -2.30. The van der Waals surface area contributed by atoms with Crippen LogP contribution in [0.2, 0.25) is 0 Å². The fourth-order valence-corrected chi connectivity index (χ4v) is 12.8. The normalized spacial score (nSPS) is 17.6. The number of benzene rings is 5. The minimum absolute atomic E-state index is 0.143. The highest BCUT2D eigenvalue weighted by Crippen LogP contribution is 2.71. The lowest BCUT2D eigenvalue weighted by atomic mass is 9.83. The van der Waals surface area contributed by atoms with Gasteiger partial charge in [-0.25, -0.2) is 0 Å². The van der Waals surface area contributed by atoms with E-state index in [-0.39, 0.29) is 16.9 Å². The molecular weight excluding hydrogens is 662 g/mol. The molecule has 5 aromatic carbocycles. The summed E-state index contributed by atoms with van der Waals surface area (Å²) in [4.78, 5) is 0. The van der Waals surface area contributed by atoms with Crippen molar-refractivity contribution in [3.63, 3.8) is 0 Å². The number of hydrogen-bond acceptors (Lipinski definition) is 3. The monoisotopic (exact) mass is 714 g/mol. The highest BCUT2D eigenvalue weighted by molar-refractivity contribution is 7.58. The second-order valence-corrected chi connectivity index (χ2v) is 20.1. The SMILES string of the molecule is Cc1cc(C(C)(C)C)c2op(O[C@@H](CP3[C@@H](c4ccccc4)CC[C@@H]3c3ccccc3)c3ccccc3)oc3c(C(C)(C)C)cc(C)cc3c2c1. The van der Waals surface area contributed by atoms with Gasteiger partial charge in [0.25, 0.3) is 0 Å². The number of fused-ring (bicyclic) bond motifs is 3. The molecule has 264 valence electrons. The van der Waals surface area contributed by atoms with Crippen molar-refractivity contribution in [1.29, 1.82) is 0 Å². The Bertz CT molecular complexity index is 2030. The maximum Gasteiger partial charge on any atom is 0.388 e. The van der Waals surface area contributed by atoms with E-state index in [0.29, 0.717) is 11.3 Å². The maximum atomic E-state index is 7.33. The van der Waals surface area contributed by atoms with Gasteiger partial charge in [0.2, 0.25) is 0 Å². The Hall–Kier alpha value is -3.61. The molecule has 1 aromatic heterocycles. The quantitative estimate of drug-likeness (QED) is 0.154. The highest BCUT2D eigenvalue weighted by Gasteiger charge is 2.39. The molecule has 0 bridgehead atoms. The third-order valence-corrected chi connectivity index (χ3v) is 14.9. The van der Waals surface area contributed by atoms with Gasteiger partial charge in [-0.05, 0) is 77.5 Å². The van der Waals surface area contributed by atoms with E-state index in [1.807, 2.05) is 0 Å². The van der Waals surface area contributed by atoms with Crippen LogP contribution in [0.15, 0.2) is 124 Å². The molecule has 1 saturated heterocycles. The van der Waals surface area contributed by atoms with E-state index in [1.54, 1.807) is 0 Å². The molecule has 0 aliphatic carbocycles. The van der Waals surface area contributed by atoms with Crippen LogP contribution < -0.4 is 4.52 Å². The summed E-state index contributed by atoms with van der Waals surface area (Å²) in [6, 6.07) is 42.2. The smallest absolute Gasteiger partial charge is 0.388 e. The van der Waals surface area contributed by atoms with Crippen molar-refractivity contribution < 1.29 is 12.9 Å². The molecule has 7 rings (SSSR count). The number of aryl methyl sites for hydroxylation is 2. The Balaban J connectivity index is 1.44. The molecule has 51 heavy (non-hydrogen) atoms. The van der Waals surface area contributed by atoms with Gasteiger partial charge in [-0.3, -0.25) is 4.52 Å². The van der Waals surface area contributed by atoms with Gasteiger partial charge in [0.05, 0.1) is 0 Å². The molecule has 0 N–H and O–H groups in total. The minimum atomic E-state index is -1.83. The molecular formula is C46H52O3P2. The van der Waals surface area contributed by atoms with E-state index >= 15 is 0 Å². The summed E-state index contributed by atoms with van der Waals surface area (Å²) in [5.41, 5.74) is 11.3. The average molecular weight is 715 g/mol. The second kappa shape index (κ2) is 14.4. The van der Waals surface area contributed by atoms with Crippen molar-refractivity contribution in [3.05, 3.63) is 154 Å². The third-order valence-electron chi connectivity index (χ3n) is 10.3. The summed E-state index contributed by atoms with van der Waals surface area (Å²) in [6.07, 6.45) is 3.09. The van der Waals surface area contributed by atoms with E-state index < -0.39 is 16.2 Å². The van der Waals surface area contributed by atoms with Crippen molar-refractivity contribution in [2.45, 2.75) is 96.5 Å². The highest BCUT2D eigenvalue weighted by atomic mass is 31.1. The second-order valence-electron chi connectivity index (χ2n) is 16.4. The molecule has 1 aliphatic heterocycles. The fourth-order valence-electron chi connectivity index (χ4n) is 7.82. The van der Waals surface area contributed by atoms with Crippen LogP contribution in [-0.4, -0.2) is 6.16 Å². The van der Waals surface area contributed by atoms with Gasteiger partial charge in [0.15, 0.2) is 0 Å². The van der Waals surface area contributed by atoms with E-state index in [1.165, 1.54) is 51.8 Å². The van der Waals surface area contributed by atoms with Gasteiger partial charge in [-0.15, -0.1) is 0 Å². The molecule has 1 aliphatic rings. The van der Waals surface area contributed by atoms with Crippen LogP contribution in [0.25, 0.3) is 21.9 Å². The van der Waals surface area contributed by atoms with Crippen LogP contribution in [0.1, 0.15) is 111 Å². The molecule has 1 fully saturated rings. The first-order valence-corrected chi connectivity index (χ1v) is 21.2. The summed E-state index contributed by atoms with van der Waals surface area (Å²) in [5, 5.41) is 2.17. The zero-order valence-electron chi connectivity index (χ0n) is 31.4. The van der Waals surface area contributed by atoms with E-state index in [4.69, 9.17) is 12.9 Å². The molecule has 3 atom stereocenters. The van der Waals surface area contributed by atoms with Crippen molar-refractivity contribution in [1.82, 2.24) is 0 Å². The summed E-state index contributed by atoms with van der Waals surface area (Å²) in [7, 11) is -2.34. The Labute approximate surface area is 306 Å². The van der Waals surface area contributed by atoms with Crippen LogP contribution in [0.5, 0.6) is 0 Å². The van der Waals surface area contributed by atoms with Crippen molar-refractivity contribution in [2.75, 3.05) is 6.16 Å². The Kier molecular flexibility index (Phi) is 10.1. The average Bonchev–Trinajstić information content (AvgIpc) is 3.45. The van der Waals surface area contributed by atoms with E-state index in [0.717, 1.165) is 28.1 Å². The topological polar surface area (TPSA) is 35.5 Å². The Morgan fingerprint density at radius 2 is 1.02 bits per heavy atom. The maximum absolute atomic E-state index is 7.33. The van der Waals surface area contributed by atoms with Gasteiger partial charge in [0.1, 0.15) is 17.3 Å². The molecule has 2 heterocycles. The first kappa shape index (κ1) is 35.8.